The molecule has 0 saturated heterocycles. The van der Waals surface area contributed by atoms with Crippen LogP contribution in [0.1, 0.15) is 15.9 Å². The normalized spacial score (nSPS) is 18.2. The Labute approximate surface area is 129 Å². The minimum Gasteiger partial charge on any atom is -0.478 e. The fourth-order valence-corrected chi connectivity index (χ4v) is 5.17. The SMILES string of the molecule is O=C(O)c1ccc(S(=O)CC2Cc3ccccc3S2)cc1. The second kappa shape index (κ2) is 6.03. The van der Waals surface area contributed by atoms with Crippen molar-refractivity contribution in [2.75, 3.05) is 5.75 Å². The molecule has 5 heteroatoms. The summed E-state index contributed by atoms with van der Waals surface area (Å²) < 4.78 is 12.4. The number of thioether (sulfide) groups is 1. The molecule has 0 aliphatic carbocycles. The standard InChI is InChI=1S/C16H14O3S2/c17-16(18)11-5-7-14(8-6-11)21(19)10-13-9-12-3-1-2-4-15(12)20-13/h1-8,13H,9-10H2,(H,17,18). The molecule has 1 aliphatic heterocycles. The van der Waals surface area contributed by atoms with E-state index in [1.165, 1.54) is 22.6 Å². The highest BCUT2D eigenvalue weighted by Gasteiger charge is 2.24. The van der Waals surface area contributed by atoms with Gasteiger partial charge in [0.05, 0.1) is 16.4 Å². The quantitative estimate of drug-likeness (QED) is 0.940. The van der Waals surface area contributed by atoms with Gasteiger partial charge in [-0.05, 0) is 42.3 Å². The van der Waals surface area contributed by atoms with Crippen LogP contribution in [0.3, 0.4) is 0 Å². The molecule has 1 N–H and O–H groups in total. The van der Waals surface area contributed by atoms with E-state index in [-0.39, 0.29) is 5.56 Å². The van der Waals surface area contributed by atoms with Crippen molar-refractivity contribution in [3.63, 3.8) is 0 Å². The molecule has 1 aliphatic rings. The molecule has 2 aromatic carbocycles. The molecule has 3 nitrogen and oxygen atoms in total. The summed E-state index contributed by atoms with van der Waals surface area (Å²) in [5.41, 5.74) is 1.55. The maximum absolute atomic E-state index is 12.4. The van der Waals surface area contributed by atoms with Crippen molar-refractivity contribution >= 4 is 28.5 Å². The maximum atomic E-state index is 12.4. The summed E-state index contributed by atoms with van der Waals surface area (Å²) in [5, 5.41) is 9.19. The number of fused-ring (bicyclic) bond motifs is 1. The number of rotatable bonds is 4. The molecule has 0 amide bonds. The third-order valence-corrected chi connectivity index (χ3v) is 6.45. The zero-order chi connectivity index (χ0) is 14.8. The first-order chi connectivity index (χ1) is 10.1. The van der Waals surface area contributed by atoms with Crippen molar-refractivity contribution < 1.29 is 14.1 Å². The van der Waals surface area contributed by atoms with E-state index in [4.69, 9.17) is 5.11 Å². The molecule has 108 valence electrons. The van der Waals surface area contributed by atoms with Crippen molar-refractivity contribution in [2.45, 2.75) is 21.5 Å². The van der Waals surface area contributed by atoms with Crippen molar-refractivity contribution in [2.24, 2.45) is 0 Å². The third-order valence-electron chi connectivity index (χ3n) is 3.42. The molecule has 0 saturated carbocycles. The van der Waals surface area contributed by atoms with Crippen LogP contribution in [-0.2, 0) is 17.2 Å². The number of carboxylic acids is 1. The highest BCUT2D eigenvalue weighted by Crippen LogP contribution is 2.37. The van der Waals surface area contributed by atoms with Crippen LogP contribution < -0.4 is 0 Å². The number of aromatic carboxylic acids is 1. The number of carboxylic acid groups (broad SMARTS) is 1. The van der Waals surface area contributed by atoms with Gasteiger partial charge in [0.25, 0.3) is 0 Å². The smallest absolute Gasteiger partial charge is 0.335 e. The maximum Gasteiger partial charge on any atom is 0.335 e. The first kappa shape index (κ1) is 14.4. The Morgan fingerprint density at radius 3 is 2.57 bits per heavy atom. The third kappa shape index (κ3) is 3.19. The lowest BCUT2D eigenvalue weighted by atomic mass is 10.1. The van der Waals surface area contributed by atoms with Gasteiger partial charge in [-0.2, -0.15) is 0 Å². The van der Waals surface area contributed by atoms with E-state index in [2.05, 4.69) is 12.1 Å². The molecular weight excluding hydrogens is 304 g/mol. The van der Waals surface area contributed by atoms with Gasteiger partial charge in [-0.15, -0.1) is 11.8 Å². The number of hydrogen-bond acceptors (Lipinski definition) is 3. The summed E-state index contributed by atoms with van der Waals surface area (Å²) in [6.07, 6.45) is 0.944. The Hall–Kier alpha value is -1.59. The first-order valence-electron chi connectivity index (χ1n) is 6.60. The first-order valence-corrected chi connectivity index (χ1v) is 8.79. The van der Waals surface area contributed by atoms with Gasteiger partial charge in [0, 0.05) is 20.8 Å². The molecule has 2 aromatic rings. The highest BCUT2D eigenvalue weighted by atomic mass is 32.2. The fraction of sp³-hybridized carbons (Fsp3) is 0.188. The fourth-order valence-electron chi connectivity index (χ4n) is 2.36. The summed E-state index contributed by atoms with van der Waals surface area (Å²) in [4.78, 5) is 12.8. The number of carbonyl (C=O) groups is 1. The molecule has 2 unspecified atom stereocenters. The zero-order valence-electron chi connectivity index (χ0n) is 11.2. The predicted molar refractivity (Wildman–Crippen MR) is 84.5 cm³/mol. The molecule has 0 radical (unpaired) electrons. The Morgan fingerprint density at radius 1 is 1.19 bits per heavy atom. The summed E-state index contributed by atoms with van der Waals surface area (Å²) in [6, 6.07) is 14.6. The number of benzene rings is 2. The van der Waals surface area contributed by atoms with E-state index in [1.54, 1.807) is 23.9 Å². The van der Waals surface area contributed by atoms with Crippen LogP contribution in [0.4, 0.5) is 0 Å². The lowest BCUT2D eigenvalue weighted by Gasteiger charge is -2.08. The van der Waals surface area contributed by atoms with Crippen LogP contribution in [0.2, 0.25) is 0 Å². The van der Waals surface area contributed by atoms with Gasteiger partial charge in [0.15, 0.2) is 0 Å². The molecular formula is C16H14O3S2. The van der Waals surface area contributed by atoms with Crippen molar-refractivity contribution in [3.05, 3.63) is 59.7 Å². The molecule has 0 aromatic heterocycles. The Balaban J connectivity index is 1.66. The Bertz CT molecular complexity index is 670. The van der Waals surface area contributed by atoms with E-state index >= 15 is 0 Å². The van der Waals surface area contributed by atoms with E-state index in [9.17, 15) is 9.00 Å². The monoisotopic (exact) mass is 318 g/mol. The van der Waals surface area contributed by atoms with Gasteiger partial charge in [-0.1, -0.05) is 18.2 Å². The average Bonchev–Trinajstić information content (AvgIpc) is 2.89. The zero-order valence-corrected chi connectivity index (χ0v) is 12.8. The Kier molecular flexibility index (Phi) is 4.12. The summed E-state index contributed by atoms with van der Waals surface area (Å²) in [7, 11) is -1.10. The van der Waals surface area contributed by atoms with Crippen LogP contribution in [-0.4, -0.2) is 26.3 Å². The van der Waals surface area contributed by atoms with Gasteiger partial charge in [-0.25, -0.2) is 4.79 Å². The summed E-state index contributed by atoms with van der Waals surface area (Å²) in [6.45, 7) is 0. The molecule has 2 atom stereocenters. The lowest BCUT2D eigenvalue weighted by Crippen LogP contribution is -2.13. The van der Waals surface area contributed by atoms with E-state index < -0.39 is 16.8 Å². The van der Waals surface area contributed by atoms with Crippen LogP contribution in [0.5, 0.6) is 0 Å². The van der Waals surface area contributed by atoms with Crippen LogP contribution >= 0.6 is 11.8 Å². The Morgan fingerprint density at radius 2 is 1.90 bits per heavy atom. The lowest BCUT2D eigenvalue weighted by molar-refractivity contribution is 0.0697. The second-order valence-electron chi connectivity index (χ2n) is 4.89. The average molecular weight is 318 g/mol. The predicted octanol–water partition coefficient (Wildman–Crippen LogP) is 3.21. The van der Waals surface area contributed by atoms with E-state index in [0.29, 0.717) is 15.9 Å². The number of hydrogen-bond donors (Lipinski definition) is 1. The minimum atomic E-state index is -1.10. The molecule has 21 heavy (non-hydrogen) atoms. The van der Waals surface area contributed by atoms with Crippen LogP contribution in [0.15, 0.2) is 58.3 Å². The molecule has 3 rings (SSSR count). The minimum absolute atomic E-state index is 0.221. The van der Waals surface area contributed by atoms with Gasteiger partial charge in [0.1, 0.15) is 0 Å². The van der Waals surface area contributed by atoms with E-state index in [0.717, 1.165) is 6.42 Å². The highest BCUT2D eigenvalue weighted by molar-refractivity contribution is 8.01. The van der Waals surface area contributed by atoms with Crippen molar-refractivity contribution in [3.8, 4) is 0 Å². The van der Waals surface area contributed by atoms with Crippen molar-refractivity contribution in [1.82, 2.24) is 0 Å². The van der Waals surface area contributed by atoms with Crippen LogP contribution in [0, 0.1) is 0 Å². The summed E-state index contributed by atoms with van der Waals surface area (Å²) >= 11 is 1.78. The van der Waals surface area contributed by atoms with Gasteiger partial charge >= 0.3 is 5.97 Å². The summed E-state index contributed by atoms with van der Waals surface area (Å²) in [5.74, 6) is -0.375. The van der Waals surface area contributed by atoms with Gasteiger partial charge < -0.3 is 5.11 Å². The molecule has 0 fully saturated rings. The largest absolute Gasteiger partial charge is 0.478 e. The molecule has 0 bridgehead atoms. The van der Waals surface area contributed by atoms with E-state index in [1.807, 2.05) is 12.1 Å². The van der Waals surface area contributed by atoms with Crippen molar-refractivity contribution in [1.29, 1.82) is 0 Å². The molecule has 0 spiro atoms. The van der Waals surface area contributed by atoms with Crippen LogP contribution in [0.25, 0.3) is 0 Å². The second-order valence-corrected chi connectivity index (χ2v) is 7.73. The topological polar surface area (TPSA) is 54.4 Å². The van der Waals surface area contributed by atoms with Gasteiger partial charge in [0.2, 0.25) is 0 Å². The molecule has 1 heterocycles. The van der Waals surface area contributed by atoms with Gasteiger partial charge in [-0.3, -0.25) is 4.21 Å².